The quantitative estimate of drug-likeness (QED) is 0.318. The number of thiophene rings is 1. The highest BCUT2D eigenvalue weighted by atomic mass is 32.1. The summed E-state index contributed by atoms with van der Waals surface area (Å²) in [5.74, 6) is -4.70. The molecule has 0 N–H and O–H groups in total. The molecule has 34 heavy (non-hydrogen) atoms. The van der Waals surface area contributed by atoms with Crippen LogP contribution in [0.2, 0.25) is 0 Å². The lowest BCUT2D eigenvalue weighted by molar-refractivity contribution is -0.276. The van der Waals surface area contributed by atoms with E-state index in [1.807, 2.05) is 18.2 Å². The van der Waals surface area contributed by atoms with Gasteiger partial charge in [0.15, 0.2) is 11.6 Å². The molecular weight excluding hydrogens is 478 g/mol. The van der Waals surface area contributed by atoms with Gasteiger partial charge in [-0.3, -0.25) is 0 Å². The van der Waals surface area contributed by atoms with Crippen LogP contribution in [0.3, 0.4) is 0 Å². The van der Waals surface area contributed by atoms with Crippen LogP contribution in [0.1, 0.15) is 48.1 Å². The predicted molar refractivity (Wildman–Crippen MR) is 120 cm³/mol. The van der Waals surface area contributed by atoms with Gasteiger partial charge in [0, 0.05) is 20.9 Å². The average Bonchev–Trinajstić information content (AvgIpc) is 3.10. The van der Waals surface area contributed by atoms with Crippen LogP contribution < -0.4 is 4.74 Å². The minimum atomic E-state index is -5.20. The first-order chi connectivity index (χ1) is 16.1. The lowest BCUT2D eigenvalue weighted by Crippen LogP contribution is -2.23. The molecule has 2 aromatic carbocycles. The fourth-order valence-corrected chi connectivity index (χ4v) is 5.34. The van der Waals surface area contributed by atoms with Crippen LogP contribution in [0.5, 0.6) is 5.75 Å². The molecule has 3 aromatic rings. The van der Waals surface area contributed by atoms with Gasteiger partial charge < -0.3 is 9.47 Å². The summed E-state index contributed by atoms with van der Waals surface area (Å²) < 4.78 is 89.7. The Labute approximate surface area is 196 Å². The third-order valence-electron chi connectivity index (χ3n) is 5.68. The van der Waals surface area contributed by atoms with Gasteiger partial charge in [-0.2, -0.15) is 0 Å². The van der Waals surface area contributed by atoms with Crippen LogP contribution in [-0.4, -0.2) is 19.1 Å². The van der Waals surface area contributed by atoms with Crippen LogP contribution in [0.15, 0.2) is 36.4 Å². The molecule has 0 radical (unpaired) electrons. The number of ether oxygens (including phenoxy) is 2. The van der Waals surface area contributed by atoms with Crippen molar-refractivity contribution in [3.8, 4) is 5.75 Å². The van der Waals surface area contributed by atoms with E-state index in [0.717, 1.165) is 29.7 Å². The van der Waals surface area contributed by atoms with E-state index in [1.165, 1.54) is 23.0 Å². The predicted octanol–water partition coefficient (Wildman–Crippen LogP) is 8.15. The Hall–Kier alpha value is -2.52. The van der Waals surface area contributed by atoms with Crippen LogP contribution >= 0.6 is 11.3 Å². The smallest absolute Gasteiger partial charge is 0.399 e. The molecule has 2 unspecified atom stereocenters. The molecule has 1 saturated heterocycles. The molecule has 2 atom stereocenters. The van der Waals surface area contributed by atoms with Crippen molar-refractivity contribution in [2.45, 2.75) is 51.0 Å². The number of halogens is 6. The van der Waals surface area contributed by atoms with Crippen LogP contribution in [0.25, 0.3) is 16.2 Å². The van der Waals surface area contributed by atoms with Gasteiger partial charge in [-0.1, -0.05) is 37.6 Å². The monoisotopic (exact) mass is 500 g/mol. The highest BCUT2D eigenvalue weighted by molar-refractivity contribution is 7.19. The maximum atomic E-state index is 15.0. The maximum Gasteiger partial charge on any atom is 0.573 e. The molecule has 2 heterocycles. The number of alkyl halides is 3. The molecule has 0 bridgehead atoms. The van der Waals surface area contributed by atoms with Crippen molar-refractivity contribution in [3.05, 3.63) is 69.9 Å². The Morgan fingerprint density at radius 3 is 2.44 bits per heavy atom. The molecule has 4 rings (SSSR count). The van der Waals surface area contributed by atoms with E-state index in [1.54, 1.807) is 6.08 Å². The fraction of sp³-hybridized carbons (Fsp3) is 0.360. The zero-order valence-electron chi connectivity index (χ0n) is 18.2. The molecule has 9 heteroatoms. The highest BCUT2D eigenvalue weighted by Crippen LogP contribution is 2.40. The van der Waals surface area contributed by atoms with Crippen molar-refractivity contribution in [2.75, 3.05) is 6.61 Å². The fourth-order valence-electron chi connectivity index (χ4n) is 4.07. The van der Waals surface area contributed by atoms with E-state index in [4.69, 9.17) is 4.74 Å². The summed E-state index contributed by atoms with van der Waals surface area (Å²) in [5.41, 5.74) is 1.22. The van der Waals surface area contributed by atoms with Gasteiger partial charge in [-0.15, -0.1) is 24.5 Å². The normalized spacial score (nSPS) is 19.3. The summed E-state index contributed by atoms with van der Waals surface area (Å²) in [4.78, 5) is 0.662. The molecule has 1 fully saturated rings. The topological polar surface area (TPSA) is 18.5 Å². The van der Waals surface area contributed by atoms with Crippen molar-refractivity contribution < 1.29 is 35.8 Å². The zero-order valence-corrected chi connectivity index (χ0v) is 19.0. The van der Waals surface area contributed by atoms with E-state index in [-0.39, 0.29) is 23.4 Å². The van der Waals surface area contributed by atoms with Crippen LogP contribution in [-0.2, 0) is 11.2 Å². The number of fused-ring (bicyclic) bond motifs is 1. The summed E-state index contributed by atoms with van der Waals surface area (Å²) in [5, 5.41) is 0.615. The Morgan fingerprint density at radius 2 is 1.82 bits per heavy atom. The number of rotatable bonds is 6. The van der Waals surface area contributed by atoms with Crippen LogP contribution in [0.4, 0.5) is 26.3 Å². The van der Waals surface area contributed by atoms with Gasteiger partial charge in [0.1, 0.15) is 5.82 Å². The van der Waals surface area contributed by atoms with E-state index in [0.29, 0.717) is 29.7 Å². The zero-order chi connectivity index (χ0) is 24.5. The number of hydrogen-bond acceptors (Lipinski definition) is 3. The molecule has 1 aromatic heterocycles. The van der Waals surface area contributed by atoms with Crippen molar-refractivity contribution in [1.29, 1.82) is 0 Å². The first-order valence-corrected chi connectivity index (χ1v) is 11.7. The van der Waals surface area contributed by atoms with Gasteiger partial charge in [-0.05, 0) is 48.6 Å². The molecule has 2 nitrogen and oxygen atoms in total. The van der Waals surface area contributed by atoms with Crippen LogP contribution in [0, 0.1) is 17.5 Å². The third kappa shape index (κ3) is 5.58. The van der Waals surface area contributed by atoms with Gasteiger partial charge in [-0.25, -0.2) is 13.2 Å². The Kier molecular flexibility index (Phi) is 7.23. The van der Waals surface area contributed by atoms with Crippen molar-refractivity contribution >= 4 is 27.5 Å². The standard InChI is InChI=1S/C25H22F6O2S/c1-2-3-14-5-9-18-21(12-14)34-24(22(18)28)16-6-8-17(32-13-16)7-4-15-10-19(26)23(20(27)11-15)33-25(29,30)31/h4-5,7,9-12,16-17H,2-3,6,8,13H2,1H3/b7-4+. The molecule has 0 spiro atoms. The second kappa shape index (κ2) is 10.00. The van der Waals surface area contributed by atoms with Gasteiger partial charge in [0.05, 0.1) is 12.7 Å². The summed E-state index contributed by atoms with van der Waals surface area (Å²) in [6, 6.07) is 7.33. The second-order valence-corrected chi connectivity index (χ2v) is 9.31. The van der Waals surface area contributed by atoms with Gasteiger partial charge in [0.25, 0.3) is 0 Å². The first-order valence-electron chi connectivity index (χ1n) is 10.9. The minimum Gasteiger partial charge on any atom is -0.399 e. The van der Waals surface area contributed by atoms with E-state index >= 15 is 0 Å². The van der Waals surface area contributed by atoms with E-state index in [2.05, 4.69) is 11.7 Å². The third-order valence-corrected chi connectivity index (χ3v) is 6.97. The molecule has 0 amide bonds. The van der Waals surface area contributed by atoms with E-state index in [9.17, 15) is 26.3 Å². The first kappa shape index (κ1) is 24.6. The Balaban J connectivity index is 1.41. The highest BCUT2D eigenvalue weighted by Gasteiger charge is 2.34. The van der Waals surface area contributed by atoms with Crippen molar-refractivity contribution in [1.82, 2.24) is 0 Å². The van der Waals surface area contributed by atoms with Gasteiger partial charge >= 0.3 is 6.36 Å². The Morgan fingerprint density at radius 1 is 1.09 bits per heavy atom. The summed E-state index contributed by atoms with van der Waals surface area (Å²) >= 11 is 1.44. The van der Waals surface area contributed by atoms with Gasteiger partial charge in [0.2, 0.25) is 5.75 Å². The largest absolute Gasteiger partial charge is 0.573 e. The SMILES string of the molecule is CCCc1ccc2c(F)c(C3CCC(/C=C/c4cc(F)c(OC(F)(F)F)c(F)c4)OC3)sc2c1. The molecule has 182 valence electrons. The molecule has 1 aliphatic rings. The molecule has 0 aliphatic carbocycles. The molecule has 1 aliphatic heterocycles. The lowest BCUT2D eigenvalue weighted by Gasteiger charge is -2.26. The maximum absolute atomic E-state index is 15.0. The van der Waals surface area contributed by atoms with Crippen molar-refractivity contribution in [2.24, 2.45) is 0 Å². The molecule has 0 saturated carbocycles. The van der Waals surface area contributed by atoms with E-state index < -0.39 is 23.7 Å². The second-order valence-electron chi connectivity index (χ2n) is 8.23. The lowest BCUT2D eigenvalue weighted by atomic mass is 9.95. The van der Waals surface area contributed by atoms with Crippen molar-refractivity contribution in [3.63, 3.8) is 0 Å². The molecular formula is C25H22F6O2S. The summed E-state index contributed by atoms with van der Waals surface area (Å²) in [6.07, 6.45) is 0.605. The number of aryl methyl sites for hydroxylation is 1. The average molecular weight is 501 g/mol. The Bertz CT molecular complexity index is 1170. The summed E-state index contributed by atoms with van der Waals surface area (Å²) in [7, 11) is 0. The summed E-state index contributed by atoms with van der Waals surface area (Å²) in [6.45, 7) is 2.39. The number of hydrogen-bond donors (Lipinski definition) is 0. The minimum absolute atomic E-state index is 0.0358. The number of benzene rings is 2.